The molecule has 2 saturated heterocycles. The highest BCUT2D eigenvalue weighted by Gasteiger charge is 2.28. The van der Waals surface area contributed by atoms with Crippen LogP contribution in [0.5, 0.6) is 0 Å². The van der Waals surface area contributed by atoms with E-state index in [1.165, 1.54) is 0 Å². The predicted molar refractivity (Wildman–Crippen MR) is 188 cm³/mol. The maximum absolute atomic E-state index is 9.16. The number of rotatable bonds is 8. The molecule has 6 aromatic rings. The maximum atomic E-state index is 9.16. The lowest BCUT2D eigenvalue weighted by molar-refractivity contribution is -0.748. The van der Waals surface area contributed by atoms with Gasteiger partial charge >= 0.3 is 0 Å². The standard InChI is InChI=1S/C33H42N16O/c1-19(44-50)27-7-5-21(11-37-27)29-9-31(35)49-33(43-29)26(15-41-49)23-17-46(3)47(18-23)39-13-24-6-4-20(10-36-24)28-8-30(34)48-32(42-28)25(14-40-48)22-12-38-45(2)16-22/h8-9,12,14-18,20-21,24,27,36-37,39H,4-7,10-11,13,34-35H2,1-3H3/p+1/b44-19+/t20-,21-,24-,27-/m0/s1. The van der Waals surface area contributed by atoms with Crippen molar-refractivity contribution in [1.29, 1.82) is 0 Å². The summed E-state index contributed by atoms with van der Waals surface area (Å²) in [7, 11) is 3.90. The molecule has 0 radical (unpaired) electrons. The van der Waals surface area contributed by atoms with Gasteiger partial charge in [-0.1, -0.05) is 9.95 Å². The van der Waals surface area contributed by atoms with Crippen LogP contribution in [-0.4, -0.2) is 86.4 Å². The summed E-state index contributed by atoms with van der Waals surface area (Å²) in [6.07, 6.45) is 15.3. The van der Waals surface area contributed by atoms with Crippen LogP contribution in [-0.2, 0) is 14.1 Å². The third kappa shape index (κ3) is 5.77. The molecule has 260 valence electrons. The van der Waals surface area contributed by atoms with Crippen molar-refractivity contribution < 1.29 is 9.89 Å². The van der Waals surface area contributed by atoms with Crippen molar-refractivity contribution in [3.8, 4) is 22.3 Å². The van der Waals surface area contributed by atoms with Crippen molar-refractivity contribution in [2.75, 3.05) is 36.5 Å². The number of nitrogens with zero attached hydrogens (tertiary/aromatic N) is 11. The average Bonchev–Trinajstić information content (AvgIpc) is 3.93. The number of nitrogens with one attached hydrogen (secondary N) is 3. The lowest BCUT2D eigenvalue weighted by atomic mass is 9.90. The number of anilines is 2. The van der Waals surface area contributed by atoms with Gasteiger partial charge in [0.25, 0.3) is 0 Å². The molecule has 0 bridgehead atoms. The minimum atomic E-state index is 0.0708. The molecule has 4 atom stereocenters. The quantitative estimate of drug-likeness (QED) is 0.0586. The second kappa shape index (κ2) is 12.7. The lowest BCUT2D eigenvalue weighted by Gasteiger charge is -2.29. The highest BCUT2D eigenvalue weighted by Crippen LogP contribution is 2.31. The molecule has 6 aromatic heterocycles. The fourth-order valence-corrected chi connectivity index (χ4v) is 7.29. The molecular formula is C33H43N16O+. The highest BCUT2D eigenvalue weighted by molar-refractivity contribution is 5.86. The van der Waals surface area contributed by atoms with Gasteiger partial charge in [-0.2, -0.15) is 29.0 Å². The van der Waals surface area contributed by atoms with Gasteiger partial charge in [-0.25, -0.2) is 15.4 Å². The summed E-state index contributed by atoms with van der Waals surface area (Å²) < 4.78 is 7.17. The first kappa shape index (κ1) is 31.7. The second-order valence-electron chi connectivity index (χ2n) is 13.6. The lowest BCUT2D eigenvalue weighted by Crippen LogP contribution is -2.48. The first-order valence-electron chi connectivity index (χ1n) is 17.0. The number of hydrogen-bond acceptors (Lipinski definition) is 12. The van der Waals surface area contributed by atoms with E-state index in [0.29, 0.717) is 17.3 Å². The molecule has 2 fully saturated rings. The SMILES string of the molecule is C/C(=N\O)[C@@H]1CC[C@H](c2cc(N)n3ncc(-c4cn(NC[C@@H]5CC[C@H](c6cc(N)n7ncc(-c8cnn(C)c8)c7n6)CN5)[n+](C)c4)c3n2)CN1. The Labute approximate surface area is 287 Å². The monoisotopic (exact) mass is 679 g/mol. The molecule has 50 heavy (non-hydrogen) atoms. The van der Waals surface area contributed by atoms with Gasteiger partial charge in [0.2, 0.25) is 0 Å². The van der Waals surface area contributed by atoms with E-state index in [2.05, 4.69) is 48.9 Å². The number of nitrogens with two attached hydrogens (primary N) is 2. The molecule has 0 aromatic carbocycles. The summed E-state index contributed by atoms with van der Waals surface area (Å²) >= 11 is 0. The summed E-state index contributed by atoms with van der Waals surface area (Å²) in [5, 5.41) is 33.1. The normalized spacial score (nSPS) is 21.7. The van der Waals surface area contributed by atoms with Gasteiger partial charge < -0.3 is 27.3 Å². The topological polar surface area (TPSA) is 208 Å². The fourth-order valence-electron chi connectivity index (χ4n) is 7.29. The van der Waals surface area contributed by atoms with Gasteiger partial charge in [-0.05, 0) is 32.6 Å². The third-order valence-electron chi connectivity index (χ3n) is 10.2. The molecule has 0 amide bonds. The summed E-state index contributed by atoms with van der Waals surface area (Å²) in [4.78, 5) is 12.1. The van der Waals surface area contributed by atoms with E-state index < -0.39 is 0 Å². The Hall–Kier alpha value is -5.55. The molecule has 8 heterocycles. The molecular weight excluding hydrogens is 636 g/mol. The van der Waals surface area contributed by atoms with Gasteiger partial charge in [0.15, 0.2) is 11.3 Å². The third-order valence-corrected chi connectivity index (χ3v) is 10.2. The molecule has 17 nitrogen and oxygen atoms in total. The first-order valence-corrected chi connectivity index (χ1v) is 17.0. The van der Waals surface area contributed by atoms with E-state index in [-0.39, 0.29) is 23.9 Å². The van der Waals surface area contributed by atoms with E-state index in [1.54, 1.807) is 19.9 Å². The summed E-state index contributed by atoms with van der Waals surface area (Å²) in [5.74, 6) is 1.56. The van der Waals surface area contributed by atoms with Gasteiger partial charge in [0.05, 0.1) is 53.0 Å². The van der Waals surface area contributed by atoms with Crippen LogP contribution in [0.2, 0.25) is 0 Å². The van der Waals surface area contributed by atoms with Gasteiger partial charge in [-0.3, -0.25) is 4.68 Å². The average molecular weight is 680 g/mol. The van der Waals surface area contributed by atoms with Crippen LogP contribution >= 0.6 is 0 Å². The van der Waals surface area contributed by atoms with E-state index in [4.69, 9.17) is 26.6 Å². The summed E-state index contributed by atoms with van der Waals surface area (Å²) in [6, 6.07) is 4.22. The van der Waals surface area contributed by atoms with Crippen molar-refractivity contribution >= 4 is 28.6 Å². The van der Waals surface area contributed by atoms with Crippen molar-refractivity contribution in [3.05, 3.63) is 60.7 Å². The number of fused-ring (bicyclic) bond motifs is 2. The Morgan fingerprint density at radius 3 is 2.10 bits per heavy atom. The molecule has 0 saturated carbocycles. The van der Waals surface area contributed by atoms with Crippen molar-refractivity contribution in [3.63, 3.8) is 0 Å². The minimum absolute atomic E-state index is 0.0708. The van der Waals surface area contributed by atoms with Crippen LogP contribution < -0.4 is 32.2 Å². The molecule has 2 aliphatic heterocycles. The Morgan fingerprint density at radius 2 is 1.54 bits per heavy atom. The number of aromatic nitrogens is 10. The Bertz CT molecular complexity index is 2190. The van der Waals surface area contributed by atoms with Gasteiger partial charge in [0.1, 0.15) is 31.4 Å². The maximum Gasteiger partial charge on any atom is 0.165 e. The molecule has 8 N–H and O–H groups in total. The fraction of sp³-hybridized carbons (Fsp3) is 0.424. The molecule has 0 spiro atoms. The first-order chi connectivity index (χ1) is 24.2. The van der Waals surface area contributed by atoms with Crippen LogP contribution in [0.3, 0.4) is 0 Å². The van der Waals surface area contributed by atoms with Crippen LogP contribution in [0.15, 0.2) is 54.5 Å². The van der Waals surface area contributed by atoms with E-state index >= 15 is 0 Å². The largest absolute Gasteiger partial charge is 0.411 e. The Balaban J connectivity index is 0.927. The van der Waals surface area contributed by atoms with E-state index in [1.807, 2.05) is 61.2 Å². The van der Waals surface area contributed by atoms with Crippen molar-refractivity contribution in [2.24, 2.45) is 19.3 Å². The zero-order valence-electron chi connectivity index (χ0n) is 28.4. The van der Waals surface area contributed by atoms with E-state index in [9.17, 15) is 0 Å². The van der Waals surface area contributed by atoms with Crippen LogP contribution in [0.25, 0.3) is 33.5 Å². The number of nitrogen functional groups attached to an aromatic ring is 2. The molecule has 17 heteroatoms. The molecule has 8 rings (SSSR count). The summed E-state index contributed by atoms with van der Waals surface area (Å²) in [6.45, 7) is 4.11. The number of piperidine rings is 2. The summed E-state index contributed by atoms with van der Waals surface area (Å²) in [5.41, 5.74) is 24.3. The Kier molecular flexibility index (Phi) is 8.07. The Morgan fingerprint density at radius 1 is 0.900 bits per heavy atom. The predicted octanol–water partition coefficient (Wildman–Crippen LogP) is 1.39. The number of oxime groups is 1. The van der Waals surface area contributed by atoms with Crippen LogP contribution in [0.1, 0.15) is 55.8 Å². The van der Waals surface area contributed by atoms with Crippen LogP contribution in [0, 0.1) is 0 Å². The zero-order valence-corrected chi connectivity index (χ0v) is 28.4. The number of hydrogen-bond donors (Lipinski definition) is 6. The second-order valence-corrected chi connectivity index (χ2v) is 13.6. The highest BCUT2D eigenvalue weighted by atomic mass is 16.4. The zero-order chi connectivity index (χ0) is 34.5. The smallest absolute Gasteiger partial charge is 0.165 e. The molecule has 0 aliphatic carbocycles. The molecule has 0 unspecified atom stereocenters. The molecule has 2 aliphatic rings. The van der Waals surface area contributed by atoms with Gasteiger partial charge in [0, 0.05) is 73.5 Å². The number of aryl methyl sites for hydroxylation is 2. The van der Waals surface area contributed by atoms with Gasteiger partial charge in [-0.15, -0.1) is 0 Å². The minimum Gasteiger partial charge on any atom is -0.411 e. The van der Waals surface area contributed by atoms with Crippen molar-refractivity contribution in [2.45, 2.75) is 56.5 Å². The van der Waals surface area contributed by atoms with E-state index in [0.717, 1.165) is 90.3 Å². The van der Waals surface area contributed by atoms with Crippen LogP contribution in [0.4, 0.5) is 11.6 Å². The van der Waals surface area contributed by atoms with Crippen molar-refractivity contribution in [1.82, 2.24) is 54.4 Å².